The van der Waals surface area contributed by atoms with Gasteiger partial charge in [-0.05, 0) is 29.5 Å². The molecule has 20 heavy (non-hydrogen) atoms. The molecule has 2 aromatic rings. The number of aliphatic hydroxyl groups excluding tert-OH is 1. The molecule has 0 spiro atoms. The molecule has 0 radical (unpaired) electrons. The molecule has 0 bridgehead atoms. The molecule has 1 aromatic carbocycles. The van der Waals surface area contributed by atoms with E-state index in [4.69, 9.17) is 11.6 Å². The molecule has 0 fully saturated rings. The van der Waals surface area contributed by atoms with Crippen molar-refractivity contribution in [2.45, 2.75) is 16.5 Å². The Kier molecular flexibility index (Phi) is 4.31. The van der Waals surface area contributed by atoms with Crippen LogP contribution in [0.3, 0.4) is 0 Å². The fourth-order valence-electron chi connectivity index (χ4n) is 1.74. The number of hydrogen-bond donors (Lipinski definition) is 1. The quantitative estimate of drug-likeness (QED) is 0.874. The zero-order valence-corrected chi connectivity index (χ0v) is 11.8. The average molecular weight is 323 g/mol. The third kappa shape index (κ3) is 3.47. The number of aliphatic hydroxyl groups is 1. The minimum Gasteiger partial charge on any atom is -0.382 e. The molecular weight excluding hydrogens is 313 g/mol. The van der Waals surface area contributed by atoms with Crippen LogP contribution in [0.2, 0.25) is 5.02 Å². The molecule has 0 saturated heterocycles. The number of rotatable bonds is 3. The van der Waals surface area contributed by atoms with Crippen molar-refractivity contribution in [1.82, 2.24) is 9.78 Å². The second-order valence-electron chi connectivity index (χ2n) is 4.02. The Morgan fingerprint density at radius 1 is 1.30 bits per heavy atom. The van der Waals surface area contributed by atoms with Crippen LogP contribution >= 0.6 is 23.4 Å². The Balaban J connectivity index is 2.22. The first-order valence-electron chi connectivity index (χ1n) is 5.49. The molecule has 1 heterocycles. The first-order valence-corrected chi connectivity index (χ1v) is 6.68. The summed E-state index contributed by atoms with van der Waals surface area (Å²) in [5.41, 5.74) is -3.49. The van der Waals surface area contributed by atoms with Crippen molar-refractivity contribution in [2.75, 3.05) is 0 Å². The number of hydrogen-bond acceptors (Lipinski definition) is 3. The number of thioether (sulfide) groups is 1. The van der Waals surface area contributed by atoms with Crippen molar-refractivity contribution >= 4 is 23.4 Å². The lowest BCUT2D eigenvalue weighted by Crippen LogP contribution is -2.07. The highest BCUT2D eigenvalue weighted by Gasteiger charge is 2.29. The summed E-state index contributed by atoms with van der Waals surface area (Å²) in [6.07, 6.45) is 0.355. The van der Waals surface area contributed by atoms with Crippen LogP contribution in [-0.4, -0.2) is 20.4 Å². The Morgan fingerprint density at radius 2 is 1.90 bits per heavy atom. The summed E-state index contributed by atoms with van der Waals surface area (Å²) < 4.78 is 38.1. The summed E-state index contributed by atoms with van der Waals surface area (Å²) in [7, 11) is 1.62. The average Bonchev–Trinajstić information content (AvgIpc) is 2.67. The molecule has 8 heteroatoms. The van der Waals surface area contributed by atoms with E-state index in [2.05, 4.69) is 5.10 Å². The number of aromatic nitrogens is 2. The van der Waals surface area contributed by atoms with Gasteiger partial charge in [0.15, 0.2) is 0 Å². The van der Waals surface area contributed by atoms with Gasteiger partial charge in [0, 0.05) is 11.9 Å². The third-order valence-corrected chi connectivity index (χ3v) is 3.66. The van der Waals surface area contributed by atoms with Crippen LogP contribution in [0.15, 0.2) is 35.4 Å². The van der Waals surface area contributed by atoms with Gasteiger partial charge in [0.1, 0.15) is 6.10 Å². The predicted molar refractivity (Wildman–Crippen MR) is 70.6 cm³/mol. The maximum absolute atomic E-state index is 12.2. The van der Waals surface area contributed by atoms with Gasteiger partial charge in [-0.15, -0.1) is 0 Å². The summed E-state index contributed by atoms with van der Waals surface area (Å²) in [5.74, 6) is 0. The number of aryl methyl sites for hydroxylation is 1. The van der Waals surface area contributed by atoms with Gasteiger partial charge in [0.25, 0.3) is 0 Å². The van der Waals surface area contributed by atoms with Gasteiger partial charge in [0.2, 0.25) is 0 Å². The Hall–Kier alpha value is -1.18. The van der Waals surface area contributed by atoms with E-state index in [0.29, 0.717) is 16.3 Å². The molecule has 3 nitrogen and oxygen atoms in total. The maximum atomic E-state index is 12.2. The van der Waals surface area contributed by atoms with Gasteiger partial charge in [0.05, 0.1) is 16.9 Å². The maximum Gasteiger partial charge on any atom is 0.446 e. The van der Waals surface area contributed by atoms with Crippen LogP contribution in [0.1, 0.15) is 17.4 Å². The molecule has 0 amide bonds. The Morgan fingerprint density at radius 3 is 2.35 bits per heavy atom. The second kappa shape index (κ2) is 5.67. The number of benzene rings is 1. The number of nitrogens with zero attached hydrogens (tertiary/aromatic N) is 2. The fraction of sp³-hybridized carbons (Fsp3) is 0.250. The number of halogens is 4. The van der Waals surface area contributed by atoms with Crippen molar-refractivity contribution in [3.8, 4) is 0 Å². The Labute approximate surface area is 122 Å². The minimum absolute atomic E-state index is 0.0598. The topological polar surface area (TPSA) is 38.0 Å². The lowest BCUT2D eigenvalue weighted by Gasteiger charge is -2.13. The van der Waals surface area contributed by atoms with Gasteiger partial charge in [-0.25, -0.2) is 0 Å². The molecule has 1 aromatic heterocycles. The summed E-state index contributed by atoms with van der Waals surface area (Å²) >= 11 is 5.71. The SMILES string of the molecule is Cn1ncc(Cl)c1C(O)c1ccc(SC(F)(F)F)cc1. The van der Waals surface area contributed by atoms with E-state index in [0.717, 1.165) is 0 Å². The summed E-state index contributed by atoms with van der Waals surface area (Å²) in [4.78, 5) is 0.0598. The highest BCUT2D eigenvalue weighted by atomic mass is 35.5. The van der Waals surface area contributed by atoms with E-state index < -0.39 is 11.6 Å². The Bertz CT molecular complexity index is 578. The molecule has 1 unspecified atom stereocenters. The molecule has 0 saturated carbocycles. The van der Waals surface area contributed by atoms with Gasteiger partial charge < -0.3 is 5.11 Å². The van der Waals surface area contributed by atoms with Crippen LogP contribution < -0.4 is 0 Å². The fourth-order valence-corrected chi connectivity index (χ4v) is 2.55. The lowest BCUT2D eigenvalue weighted by molar-refractivity contribution is -0.0328. The first-order chi connectivity index (χ1) is 9.28. The van der Waals surface area contributed by atoms with E-state index in [-0.39, 0.29) is 16.7 Å². The standard InChI is InChI=1S/C12H10ClF3N2OS/c1-18-10(9(13)6-17-18)11(19)7-2-4-8(5-3-7)20-12(14,15)16/h2-6,11,19H,1H3. The van der Waals surface area contributed by atoms with Crippen molar-refractivity contribution in [1.29, 1.82) is 0 Å². The lowest BCUT2D eigenvalue weighted by atomic mass is 10.1. The van der Waals surface area contributed by atoms with E-state index >= 15 is 0 Å². The second-order valence-corrected chi connectivity index (χ2v) is 5.57. The molecule has 1 atom stereocenters. The summed E-state index contributed by atoms with van der Waals surface area (Å²) in [5, 5.41) is 14.4. The van der Waals surface area contributed by atoms with Crippen LogP contribution in [0.5, 0.6) is 0 Å². The zero-order chi connectivity index (χ0) is 14.9. The van der Waals surface area contributed by atoms with Crippen LogP contribution in [-0.2, 0) is 7.05 Å². The van der Waals surface area contributed by atoms with Gasteiger partial charge >= 0.3 is 5.51 Å². The summed E-state index contributed by atoms with van der Waals surface area (Å²) in [6, 6.07) is 5.48. The van der Waals surface area contributed by atoms with Crippen LogP contribution in [0.4, 0.5) is 13.2 Å². The molecule has 0 aliphatic rings. The normalized spacial score (nSPS) is 13.5. The highest BCUT2D eigenvalue weighted by molar-refractivity contribution is 8.00. The third-order valence-electron chi connectivity index (χ3n) is 2.63. The molecular formula is C12H10ClF3N2OS. The molecule has 0 aliphatic carbocycles. The highest BCUT2D eigenvalue weighted by Crippen LogP contribution is 2.37. The van der Waals surface area contributed by atoms with Crippen LogP contribution in [0.25, 0.3) is 0 Å². The van der Waals surface area contributed by atoms with Crippen molar-refractivity contribution in [3.63, 3.8) is 0 Å². The van der Waals surface area contributed by atoms with Crippen LogP contribution in [0, 0.1) is 0 Å². The zero-order valence-electron chi connectivity index (χ0n) is 10.2. The van der Waals surface area contributed by atoms with E-state index in [1.807, 2.05) is 0 Å². The number of alkyl halides is 3. The first kappa shape index (κ1) is 15.2. The molecule has 2 rings (SSSR count). The minimum atomic E-state index is -4.33. The van der Waals surface area contributed by atoms with E-state index in [1.165, 1.54) is 35.1 Å². The predicted octanol–water partition coefficient (Wildman–Crippen LogP) is 3.77. The molecule has 108 valence electrons. The smallest absolute Gasteiger partial charge is 0.382 e. The monoisotopic (exact) mass is 322 g/mol. The summed E-state index contributed by atoms with van der Waals surface area (Å²) in [6.45, 7) is 0. The van der Waals surface area contributed by atoms with Crippen molar-refractivity contribution in [2.24, 2.45) is 7.05 Å². The largest absolute Gasteiger partial charge is 0.446 e. The van der Waals surface area contributed by atoms with Gasteiger partial charge in [-0.3, -0.25) is 4.68 Å². The molecule has 0 aliphatic heterocycles. The van der Waals surface area contributed by atoms with Gasteiger partial charge in [-0.1, -0.05) is 23.7 Å². The van der Waals surface area contributed by atoms with E-state index in [1.54, 1.807) is 7.05 Å². The molecule has 1 N–H and O–H groups in total. The van der Waals surface area contributed by atoms with E-state index in [9.17, 15) is 18.3 Å². The van der Waals surface area contributed by atoms with Gasteiger partial charge in [-0.2, -0.15) is 18.3 Å². The van der Waals surface area contributed by atoms with Crippen molar-refractivity contribution < 1.29 is 18.3 Å². The van der Waals surface area contributed by atoms with Crippen molar-refractivity contribution in [3.05, 3.63) is 46.7 Å².